The van der Waals surface area contributed by atoms with Crippen LogP contribution in [0.5, 0.6) is 0 Å². The average Bonchev–Trinajstić information content (AvgIpc) is 2.53. The highest BCUT2D eigenvalue weighted by atomic mass is 14.2. The standard InChI is InChI=1S/C19H11N/c20-12-15-11-14-6-2-3-7-16(14)18-10-9-13-5-1-4-8-17(13)19(15)18/h1-11H. The van der Waals surface area contributed by atoms with E-state index in [1.807, 2.05) is 30.3 Å². The topological polar surface area (TPSA) is 23.8 Å². The van der Waals surface area contributed by atoms with Gasteiger partial charge in [-0.05, 0) is 33.0 Å². The first-order chi connectivity index (χ1) is 9.88. The van der Waals surface area contributed by atoms with Gasteiger partial charge < -0.3 is 0 Å². The lowest BCUT2D eigenvalue weighted by Gasteiger charge is -2.09. The zero-order valence-corrected chi connectivity index (χ0v) is 10.8. The van der Waals surface area contributed by atoms with E-state index in [0.717, 1.165) is 27.1 Å². The van der Waals surface area contributed by atoms with Crippen molar-refractivity contribution in [2.75, 3.05) is 0 Å². The van der Waals surface area contributed by atoms with E-state index >= 15 is 0 Å². The molecule has 0 aliphatic carbocycles. The van der Waals surface area contributed by atoms with Gasteiger partial charge in [0.2, 0.25) is 0 Å². The van der Waals surface area contributed by atoms with Crippen LogP contribution in [-0.2, 0) is 0 Å². The molecule has 0 aliphatic rings. The van der Waals surface area contributed by atoms with Crippen molar-refractivity contribution < 1.29 is 0 Å². The molecule has 4 aromatic rings. The van der Waals surface area contributed by atoms with Crippen LogP contribution in [0, 0.1) is 11.3 Å². The number of hydrogen-bond acceptors (Lipinski definition) is 1. The molecule has 92 valence electrons. The minimum absolute atomic E-state index is 0.746. The Kier molecular flexibility index (Phi) is 2.25. The summed E-state index contributed by atoms with van der Waals surface area (Å²) in [4.78, 5) is 0. The number of hydrogen-bond donors (Lipinski definition) is 0. The maximum atomic E-state index is 9.50. The molecule has 0 unspecified atom stereocenters. The summed E-state index contributed by atoms with van der Waals surface area (Å²) in [6.45, 7) is 0. The smallest absolute Gasteiger partial charge is 0.0998 e. The fourth-order valence-electron chi connectivity index (χ4n) is 2.97. The van der Waals surface area contributed by atoms with Crippen LogP contribution in [0.1, 0.15) is 5.56 Å². The van der Waals surface area contributed by atoms with Crippen molar-refractivity contribution in [1.82, 2.24) is 0 Å². The van der Waals surface area contributed by atoms with Crippen LogP contribution in [0.15, 0.2) is 66.7 Å². The number of benzene rings is 4. The van der Waals surface area contributed by atoms with Crippen LogP contribution >= 0.6 is 0 Å². The summed E-state index contributed by atoms with van der Waals surface area (Å²) in [6.07, 6.45) is 0. The van der Waals surface area contributed by atoms with Gasteiger partial charge in [-0.15, -0.1) is 0 Å². The van der Waals surface area contributed by atoms with E-state index in [9.17, 15) is 5.26 Å². The van der Waals surface area contributed by atoms with Gasteiger partial charge in [0.1, 0.15) is 0 Å². The molecule has 0 saturated carbocycles. The van der Waals surface area contributed by atoms with Gasteiger partial charge >= 0.3 is 0 Å². The number of nitriles is 1. The monoisotopic (exact) mass is 253 g/mol. The third-order valence-electron chi connectivity index (χ3n) is 3.87. The third-order valence-corrected chi connectivity index (χ3v) is 3.87. The Hall–Kier alpha value is -2.85. The van der Waals surface area contributed by atoms with E-state index in [2.05, 4.69) is 42.5 Å². The van der Waals surface area contributed by atoms with Gasteiger partial charge in [0, 0.05) is 5.39 Å². The molecule has 20 heavy (non-hydrogen) atoms. The molecule has 0 aromatic heterocycles. The first-order valence-corrected chi connectivity index (χ1v) is 6.62. The second-order valence-corrected chi connectivity index (χ2v) is 4.97. The number of rotatable bonds is 0. The molecule has 4 aromatic carbocycles. The Balaban J connectivity index is 2.38. The molecule has 4 rings (SSSR count). The van der Waals surface area contributed by atoms with Crippen molar-refractivity contribution in [2.24, 2.45) is 0 Å². The fourth-order valence-corrected chi connectivity index (χ4v) is 2.97. The van der Waals surface area contributed by atoms with Gasteiger partial charge in [0.25, 0.3) is 0 Å². The first-order valence-electron chi connectivity index (χ1n) is 6.62. The Morgan fingerprint density at radius 3 is 2.15 bits per heavy atom. The quantitative estimate of drug-likeness (QED) is 0.404. The molecule has 0 N–H and O–H groups in total. The van der Waals surface area contributed by atoms with Gasteiger partial charge in [-0.1, -0.05) is 60.7 Å². The molecule has 0 amide bonds. The van der Waals surface area contributed by atoms with E-state index < -0.39 is 0 Å². The lowest BCUT2D eigenvalue weighted by atomic mass is 9.93. The second-order valence-electron chi connectivity index (χ2n) is 4.97. The molecule has 0 atom stereocenters. The summed E-state index contributed by atoms with van der Waals surface area (Å²) in [5, 5.41) is 16.4. The molecular formula is C19H11N. The maximum Gasteiger partial charge on any atom is 0.0998 e. The van der Waals surface area contributed by atoms with Crippen molar-refractivity contribution in [1.29, 1.82) is 5.26 Å². The third kappa shape index (κ3) is 1.42. The molecule has 1 nitrogen and oxygen atoms in total. The highest BCUT2D eigenvalue weighted by molar-refractivity contribution is 6.19. The summed E-state index contributed by atoms with van der Waals surface area (Å²) in [5.41, 5.74) is 0.746. The van der Waals surface area contributed by atoms with Gasteiger partial charge in [-0.3, -0.25) is 0 Å². The summed E-state index contributed by atoms with van der Waals surface area (Å²) < 4.78 is 0. The van der Waals surface area contributed by atoms with Crippen LogP contribution in [0.3, 0.4) is 0 Å². The van der Waals surface area contributed by atoms with Crippen LogP contribution in [0.2, 0.25) is 0 Å². The Bertz CT molecular complexity index is 1010. The largest absolute Gasteiger partial charge is 0.192 e. The van der Waals surface area contributed by atoms with Crippen molar-refractivity contribution in [3.63, 3.8) is 0 Å². The zero-order valence-electron chi connectivity index (χ0n) is 10.8. The molecule has 0 heterocycles. The van der Waals surface area contributed by atoms with Crippen LogP contribution < -0.4 is 0 Å². The van der Waals surface area contributed by atoms with Crippen LogP contribution in [0.4, 0.5) is 0 Å². The van der Waals surface area contributed by atoms with Crippen molar-refractivity contribution in [2.45, 2.75) is 0 Å². The molecule has 1 heteroatoms. The molecular weight excluding hydrogens is 242 g/mol. The van der Waals surface area contributed by atoms with Crippen LogP contribution in [0.25, 0.3) is 32.3 Å². The molecule has 0 fully saturated rings. The minimum Gasteiger partial charge on any atom is -0.192 e. The van der Waals surface area contributed by atoms with E-state index in [4.69, 9.17) is 0 Å². The van der Waals surface area contributed by atoms with E-state index in [-0.39, 0.29) is 0 Å². The first kappa shape index (κ1) is 11.0. The lowest BCUT2D eigenvalue weighted by molar-refractivity contribution is 1.51. The Labute approximate surface area is 116 Å². The van der Waals surface area contributed by atoms with Crippen LogP contribution in [-0.4, -0.2) is 0 Å². The van der Waals surface area contributed by atoms with Gasteiger partial charge in [-0.25, -0.2) is 0 Å². The Morgan fingerprint density at radius 2 is 1.35 bits per heavy atom. The molecule has 0 bridgehead atoms. The van der Waals surface area contributed by atoms with Crippen molar-refractivity contribution in [3.8, 4) is 6.07 Å². The predicted octanol–water partition coefficient (Wildman–Crippen LogP) is 5.02. The molecule has 0 aliphatic heterocycles. The summed E-state index contributed by atoms with van der Waals surface area (Å²) in [6, 6.07) is 25.1. The maximum absolute atomic E-state index is 9.50. The second kappa shape index (κ2) is 4.08. The zero-order chi connectivity index (χ0) is 13.5. The molecule has 0 spiro atoms. The number of fused-ring (bicyclic) bond motifs is 5. The van der Waals surface area contributed by atoms with Crippen molar-refractivity contribution >= 4 is 32.3 Å². The normalized spacial score (nSPS) is 10.9. The highest BCUT2D eigenvalue weighted by Gasteiger charge is 2.09. The van der Waals surface area contributed by atoms with Crippen molar-refractivity contribution in [3.05, 3.63) is 72.3 Å². The fraction of sp³-hybridized carbons (Fsp3) is 0. The van der Waals surface area contributed by atoms with Gasteiger partial charge in [0.15, 0.2) is 0 Å². The Morgan fingerprint density at radius 1 is 0.650 bits per heavy atom. The summed E-state index contributed by atoms with van der Waals surface area (Å²) in [7, 11) is 0. The molecule has 0 radical (unpaired) electrons. The molecule has 0 saturated heterocycles. The van der Waals surface area contributed by atoms with Gasteiger partial charge in [-0.2, -0.15) is 5.26 Å². The van der Waals surface area contributed by atoms with E-state index in [0.29, 0.717) is 0 Å². The number of nitrogens with zero attached hydrogens (tertiary/aromatic N) is 1. The summed E-state index contributed by atoms with van der Waals surface area (Å²) in [5.74, 6) is 0. The average molecular weight is 253 g/mol. The van der Waals surface area contributed by atoms with E-state index in [1.54, 1.807) is 0 Å². The van der Waals surface area contributed by atoms with E-state index in [1.165, 1.54) is 10.8 Å². The lowest BCUT2D eigenvalue weighted by Crippen LogP contribution is -1.85. The van der Waals surface area contributed by atoms with Gasteiger partial charge in [0.05, 0.1) is 11.6 Å². The minimum atomic E-state index is 0.746. The highest BCUT2D eigenvalue weighted by Crippen LogP contribution is 2.33. The predicted molar refractivity (Wildman–Crippen MR) is 83.7 cm³/mol. The SMILES string of the molecule is N#Cc1cc2ccccc2c2ccc3ccccc3c12. The summed E-state index contributed by atoms with van der Waals surface area (Å²) >= 11 is 0.